The fraction of sp³-hybridized carbons (Fsp3) is 0.364. The molecule has 2 aromatic carbocycles. The fourth-order valence-corrected chi connectivity index (χ4v) is 3.04. The molecule has 2 rings (SSSR count). The standard InChI is InChI=1S/C22H27NO4/c1-16(18-8-11-20(27-2)12-9-18)14-21(24)23-19(10-13-22(25)26)15-17-6-4-3-5-7-17/h3-9,11-12,16,19H,10,13-15H2,1-2H3,(H,23,24)(H,25,26). The van der Waals surface area contributed by atoms with E-state index in [0.717, 1.165) is 16.9 Å². The Morgan fingerprint density at radius 1 is 1.07 bits per heavy atom. The lowest BCUT2D eigenvalue weighted by Crippen LogP contribution is -2.37. The monoisotopic (exact) mass is 369 g/mol. The van der Waals surface area contributed by atoms with Gasteiger partial charge in [-0.3, -0.25) is 9.59 Å². The molecular weight excluding hydrogens is 342 g/mol. The summed E-state index contributed by atoms with van der Waals surface area (Å²) in [6.07, 6.45) is 1.42. The van der Waals surface area contributed by atoms with E-state index in [1.54, 1.807) is 7.11 Å². The number of rotatable bonds is 10. The third kappa shape index (κ3) is 7.13. The lowest BCUT2D eigenvalue weighted by Gasteiger charge is -2.20. The molecule has 27 heavy (non-hydrogen) atoms. The first-order valence-corrected chi connectivity index (χ1v) is 9.17. The number of carboxylic acid groups (broad SMARTS) is 1. The predicted octanol–water partition coefficient (Wildman–Crippen LogP) is 3.78. The van der Waals surface area contributed by atoms with E-state index < -0.39 is 5.97 Å². The number of aliphatic carboxylic acids is 1. The van der Waals surface area contributed by atoms with Gasteiger partial charge in [0.1, 0.15) is 5.75 Å². The van der Waals surface area contributed by atoms with Crippen LogP contribution in [0.3, 0.4) is 0 Å². The average molecular weight is 369 g/mol. The minimum atomic E-state index is -0.853. The van der Waals surface area contributed by atoms with Gasteiger partial charge in [0.05, 0.1) is 7.11 Å². The number of hydrogen-bond acceptors (Lipinski definition) is 3. The van der Waals surface area contributed by atoms with Crippen LogP contribution in [0.15, 0.2) is 54.6 Å². The van der Waals surface area contributed by atoms with Crippen LogP contribution in [0.4, 0.5) is 0 Å². The zero-order valence-corrected chi connectivity index (χ0v) is 15.9. The summed E-state index contributed by atoms with van der Waals surface area (Å²) in [5.41, 5.74) is 2.15. The van der Waals surface area contributed by atoms with Crippen molar-refractivity contribution >= 4 is 11.9 Å². The highest BCUT2D eigenvalue weighted by atomic mass is 16.5. The molecule has 0 fully saturated rings. The first-order valence-electron chi connectivity index (χ1n) is 9.17. The molecule has 0 heterocycles. The number of carboxylic acids is 1. The summed E-state index contributed by atoms with van der Waals surface area (Å²) >= 11 is 0. The summed E-state index contributed by atoms with van der Waals surface area (Å²) in [6, 6.07) is 17.3. The average Bonchev–Trinajstić information content (AvgIpc) is 2.66. The number of methoxy groups -OCH3 is 1. The Morgan fingerprint density at radius 3 is 2.33 bits per heavy atom. The quantitative estimate of drug-likeness (QED) is 0.668. The third-order valence-corrected chi connectivity index (χ3v) is 4.57. The molecule has 0 aliphatic heterocycles. The molecule has 5 nitrogen and oxygen atoms in total. The molecule has 0 aromatic heterocycles. The molecule has 0 saturated carbocycles. The highest BCUT2D eigenvalue weighted by Gasteiger charge is 2.17. The van der Waals surface area contributed by atoms with Crippen molar-refractivity contribution in [2.75, 3.05) is 7.11 Å². The fourth-order valence-electron chi connectivity index (χ4n) is 3.04. The van der Waals surface area contributed by atoms with E-state index in [1.807, 2.05) is 61.5 Å². The van der Waals surface area contributed by atoms with Crippen molar-refractivity contribution in [2.45, 2.75) is 44.6 Å². The summed E-state index contributed by atoms with van der Waals surface area (Å²) in [5.74, 6) is -0.0710. The Balaban J connectivity index is 1.95. The van der Waals surface area contributed by atoms with Crippen LogP contribution in [0.1, 0.15) is 43.2 Å². The summed E-state index contributed by atoms with van der Waals surface area (Å²) in [5, 5.41) is 12.0. The van der Waals surface area contributed by atoms with Crippen molar-refractivity contribution in [3.63, 3.8) is 0 Å². The molecule has 0 aliphatic rings. The van der Waals surface area contributed by atoms with E-state index in [2.05, 4.69) is 5.32 Å². The second kappa shape index (κ2) is 10.4. The predicted molar refractivity (Wildman–Crippen MR) is 105 cm³/mol. The summed E-state index contributed by atoms with van der Waals surface area (Å²) in [4.78, 5) is 23.4. The molecule has 1 amide bonds. The number of carbonyl (C=O) groups excluding carboxylic acids is 1. The van der Waals surface area contributed by atoms with Crippen molar-refractivity contribution in [1.29, 1.82) is 0 Å². The van der Waals surface area contributed by atoms with Crippen LogP contribution in [0.25, 0.3) is 0 Å². The molecule has 0 radical (unpaired) electrons. The minimum Gasteiger partial charge on any atom is -0.497 e. The van der Waals surface area contributed by atoms with Crippen molar-refractivity contribution in [1.82, 2.24) is 5.32 Å². The third-order valence-electron chi connectivity index (χ3n) is 4.57. The van der Waals surface area contributed by atoms with Gasteiger partial charge in [0, 0.05) is 18.9 Å². The number of carbonyl (C=O) groups is 2. The molecule has 2 N–H and O–H groups in total. The molecule has 2 aromatic rings. The van der Waals surface area contributed by atoms with Gasteiger partial charge in [-0.05, 0) is 42.0 Å². The van der Waals surface area contributed by atoms with Crippen molar-refractivity contribution < 1.29 is 19.4 Å². The van der Waals surface area contributed by atoms with Gasteiger partial charge in [-0.2, -0.15) is 0 Å². The maximum Gasteiger partial charge on any atom is 0.303 e. The van der Waals surface area contributed by atoms with Crippen LogP contribution in [0.5, 0.6) is 5.75 Å². The van der Waals surface area contributed by atoms with E-state index in [0.29, 0.717) is 19.3 Å². The minimum absolute atomic E-state index is 0.0335. The molecule has 2 atom stereocenters. The molecule has 0 saturated heterocycles. The van der Waals surface area contributed by atoms with Crippen molar-refractivity contribution in [3.8, 4) is 5.75 Å². The first-order chi connectivity index (χ1) is 13.0. The number of benzene rings is 2. The maximum absolute atomic E-state index is 12.5. The molecule has 2 unspecified atom stereocenters. The highest BCUT2D eigenvalue weighted by molar-refractivity contribution is 5.77. The second-order valence-electron chi connectivity index (χ2n) is 6.76. The normalized spacial score (nSPS) is 12.8. The van der Waals surface area contributed by atoms with E-state index in [-0.39, 0.29) is 24.3 Å². The highest BCUT2D eigenvalue weighted by Crippen LogP contribution is 2.22. The lowest BCUT2D eigenvalue weighted by molar-refractivity contribution is -0.137. The van der Waals surface area contributed by atoms with Crippen LogP contribution in [-0.4, -0.2) is 30.1 Å². The van der Waals surface area contributed by atoms with Gasteiger partial charge < -0.3 is 15.2 Å². The number of nitrogens with one attached hydrogen (secondary N) is 1. The lowest BCUT2D eigenvalue weighted by atomic mass is 9.96. The van der Waals surface area contributed by atoms with Gasteiger partial charge in [-0.15, -0.1) is 0 Å². The Kier molecular flexibility index (Phi) is 7.86. The second-order valence-corrected chi connectivity index (χ2v) is 6.76. The van der Waals surface area contributed by atoms with Crippen LogP contribution in [-0.2, 0) is 16.0 Å². The smallest absolute Gasteiger partial charge is 0.303 e. The Morgan fingerprint density at radius 2 is 1.74 bits per heavy atom. The van der Waals surface area contributed by atoms with Gasteiger partial charge in [0.25, 0.3) is 0 Å². The molecule has 144 valence electrons. The van der Waals surface area contributed by atoms with E-state index >= 15 is 0 Å². The first kappa shape index (κ1) is 20.5. The Labute approximate surface area is 160 Å². The van der Waals surface area contributed by atoms with Crippen molar-refractivity contribution in [3.05, 3.63) is 65.7 Å². The van der Waals surface area contributed by atoms with E-state index in [1.165, 1.54) is 0 Å². The zero-order chi connectivity index (χ0) is 19.6. The molecule has 0 bridgehead atoms. The largest absolute Gasteiger partial charge is 0.497 e. The zero-order valence-electron chi connectivity index (χ0n) is 15.9. The van der Waals surface area contributed by atoms with Crippen LogP contribution in [0.2, 0.25) is 0 Å². The summed E-state index contributed by atoms with van der Waals surface area (Å²) < 4.78 is 5.16. The van der Waals surface area contributed by atoms with E-state index in [4.69, 9.17) is 9.84 Å². The molecular formula is C22H27NO4. The van der Waals surface area contributed by atoms with Crippen LogP contribution >= 0.6 is 0 Å². The number of amides is 1. The SMILES string of the molecule is COc1ccc(C(C)CC(=O)NC(CCC(=O)O)Cc2ccccc2)cc1. The van der Waals surface area contributed by atoms with E-state index in [9.17, 15) is 9.59 Å². The van der Waals surface area contributed by atoms with Gasteiger partial charge >= 0.3 is 5.97 Å². The Bertz CT molecular complexity index is 728. The molecule has 0 spiro atoms. The summed E-state index contributed by atoms with van der Waals surface area (Å²) in [7, 11) is 1.62. The van der Waals surface area contributed by atoms with Gasteiger partial charge in [-0.1, -0.05) is 49.4 Å². The molecule has 5 heteroatoms. The number of hydrogen-bond donors (Lipinski definition) is 2. The Hall–Kier alpha value is -2.82. The van der Waals surface area contributed by atoms with Crippen LogP contribution in [0, 0.1) is 0 Å². The number of ether oxygens (including phenoxy) is 1. The van der Waals surface area contributed by atoms with Gasteiger partial charge in [-0.25, -0.2) is 0 Å². The topological polar surface area (TPSA) is 75.6 Å². The van der Waals surface area contributed by atoms with Crippen LogP contribution < -0.4 is 10.1 Å². The summed E-state index contributed by atoms with van der Waals surface area (Å²) in [6.45, 7) is 2.00. The van der Waals surface area contributed by atoms with Crippen molar-refractivity contribution in [2.24, 2.45) is 0 Å². The van der Waals surface area contributed by atoms with Gasteiger partial charge in [0.2, 0.25) is 5.91 Å². The maximum atomic E-state index is 12.5. The van der Waals surface area contributed by atoms with Gasteiger partial charge in [0.15, 0.2) is 0 Å². The molecule has 0 aliphatic carbocycles.